The van der Waals surface area contributed by atoms with Gasteiger partial charge in [0.25, 0.3) is 5.91 Å². The molecule has 0 radical (unpaired) electrons. The molecule has 2 heterocycles. The van der Waals surface area contributed by atoms with E-state index in [1.807, 2.05) is 42.7 Å². The molecule has 27 heavy (non-hydrogen) atoms. The number of nitrogens with zero attached hydrogens (tertiary/aromatic N) is 4. The quantitative estimate of drug-likeness (QED) is 0.617. The summed E-state index contributed by atoms with van der Waals surface area (Å²) in [7, 11) is 0. The van der Waals surface area contributed by atoms with E-state index in [1.165, 1.54) is 5.56 Å². The minimum Gasteiger partial charge on any atom is -0.345 e. The zero-order valence-corrected chi connectivity index (χ0v) is 17.0. The topological polar surface area (TPSA) is 80.5 Å². The van der Waals surface area contributed by atoms with Gasteiger partial charge in [-0.05, 0) is 38.6 Å². The van der Waals surface area contributed by atoms with Gasteiger partial charge in [0, 0.05) is 6.54 Å². The minimum absolute atomic E-state index is 0.249. The number of hydrogen-bond acceptors (Lipinski definition) is 4. The van der Waals surface area contributed by atoms with Crippen molar-refractivity contribution in [2.75, 3.05) is 0 Å². The van der Waals surface area contributed by atoms with E-state index in [4.69, 9.17) is 23.8 Å². The lowest BCUT2D eigenvalue weighted by molar-refractivity contribution is 0.0949. The zero-order valence-electron chi connectivity index (χ0n) is 15.4. The molecule has 2 aromatic heterocycles. The van der Waals surface area contributed by atoms with Crippen LogP contribution in [0.1, 0.15) is 39.9 Å². The molecule has 2 N–H and O–H groups in total. The molecule has 0 fully saturated rings. The van der Waals surface area contributed by atoms with E-state index >= 15 is 0 Å². The molecule has 1 aromatic carbocycles. The second-order valence-corrected chi connectivity index (χ2v) is 7.01. The van der Waals surface area contributed by atoms with Gasteiger partial charge >= 0.3 is 0 Å². The largest absolute Gasteiger partial charge is 0.345 e. The number of aromatic nitrogens is 5. The van der Waals surface area contributed by atoms with Crippen molar-refractivity contribution in [1.82, 2.24) is 29.9 Å². The van der Waals surface area contributed by atoms with Crippen molar-refractivity contribution >= 4 is 29.7 Å². The number of halogens is 1. The van der Waals surface area contributed by atoms with Gasteiger partial charge < -0.3 is 9.88 Å². The number of aromatic amines is 1. The van der Waals surface area contributed by atoms with E-state index in [1.54, 1.807) is 11.6 Å². The molecule has 3 aromatic rings. The molecule has 0 aliphatic carbocycles. The van der Waals surface area contributed by atoms with Crippen LogP contribution in [0, 0.1) is 18.6 Å². The molecule has 9 heteroatoms. The molecule has 0 saturated carbocycles. The summed E-state index contributed by atoms with van der Waals surface area (Å²) in [6, 6.07) is 8.12. The number of H-pyrrole nitrogens is 1. The molecule has 0 atom stereocenters. The van der Waals surface area contributed by atoms with Crippen molar-refractivity contribution in [1.29, 1.82) is 0 Å². The Labute approximate surface area is 167 Å². The molecular weight excluding hydrogens is 384 g/mol. The SMILES string of the molecule is CCn1c(CNC(=O)c2c(C)nn(Cc3ccc(C)cc3)c2Cl)n[nH]c1=S. The summed E-state index contributed by atoms with van der Waals surface area (Å²) in [5.74, 6) is 0.376. The van der Waals surface area contributed by atoms with E-state index in [0.717, 1.165) is 5.56 Å². The van der Waals surface area contributed by atoms with Crippen molar-refractivity contribution in [3.05, 3.63) is 62.4 Å². The van der Waals surface area contributed by atoms with Crippen molar-refractivity contribution < 1.29 is 4.79 Å². The lowest BCUT2D eigenvalue weighted by Gasteiger charge is -2.07. The van der Waals surface area contributed by atoms with Gasteiger partial charge in [0.1, 0.15) is 5.15 Å². The molecule has 7 nitrogen and oxygen atoms in total. The number of carbonyl (C=O) groups is 1. The number of aryl methyl sites for hydroxylation is 2. The highest BCUT2D eigenvalue weighted by Crippen LogP contribution is 2.21. The summed E-state index contributed by atoms with van der Waals surface area (Å²) in [5.41, 5.74) is 3.21. The molecule has 3 rings (SSSR count). The van der Waals surface area contributed by atoms with Gasteiger partial charge in [-0.15, -0.1) is 0 Å². The average Bonchev–Trinajstić information content (AvgIpc) is 3.13. The molecular formula is C18H21ClN6OS. The average molecular weight is 405 g/mol. The Hall–Kier alpha value is -2.45. The number of benzene rings is 1. The highest BCUT2D eigenvalue weighted by atomic mass is 35.5. The van der Waals surface area contributed by atoms with Crippen LogP contribution in [-0.2, 0) is 19.6 Å². The molecule has 0 bridgehead atoms. The predicted octanol–water partition coefficient (Wildman–Crippen LogP) is 3.41. The maximum absolute atomic E-state index is 12.7. The summed E-state index contributed by atoms with van der Waals surface area (Å²) in [5, 5.41) is 14.5. The maximum atomic E-state index is 12.7. The molecule has 0 unspecified atom stereocenters. The van der Waals surface area contributed by atoms with Gasteiger partial charge in [0.2, 0.25) is 0 Å². The Balaban J connectivity index is 1.76. The highest BCUT2D eigenvalue weighted by Gasteiger charge is 2.21. The Bertz CT molecular complexity index is 1020. The summed E-state index contributed by atoms with van der Waals surface area (Å²) in [6.45, 7) is 7.20. The third-order valence-electron chi connectivity index (χ3n) is 4.31. The maximum Gasteiger partial charge on any atom is 0.256 e. The van der Waals surface area contributed by atoms with Crippen LogP contribution in [-0.4, -0.2) is 30.5 Å². The van der Waals surface area contributed by atoms with Crippen molar-refractivity contribution in [2.45, 2.75) is 40.4 Å². The molecule has 0 saturated heterocycles. The third-order valence-corrected chi connectivity index (χ3v) is 5.00. The predicted molar refractivity (Wildman–Crippen MR) is 107 cm³/mol. The van der Waals surface area contributed by atoms with Crippen LogP contribution in [0.2, 0.25) is 5.15 Å². The third kappa shape index (κ3) is 4.12. The van der Waals surface area contributed by atoms with Crippen LogP contribution < -0.4 is 5.32 Å². The second-order valence-electron chi connectivity index (χ2n) is 6.27. The van der Waals surface area contributed by atoms with E-state index in [9.17, 15) is 4.79 Å². The number of nitrogens with one attached hydrogen (secondary N) is 2. The molecule has 0 aliphatic rings. The van der Waals surface area contributed by atoms with Crippen molar-refractivity contribution in [3.63, 3.8) is 0 Å². The fraction of sp³-hybridized carbons (Fsp3) is 0.333. The van der Waals surface area contributed by atoms with Crippen molar-refractivity contribution in [2.24, 2.45) is 0 Å². The van der Waals surface area contributed by atoms with Gasteiger partial charge in [-0.3, -0.25) is 9.89 Å². The summed E-state index contributed by atoms with van der Waals surface area (Å²) < 4.78 is 3.99. The summed E-state index contributed by atoms with van der Waals surface area (Å²) in [4.78, 5) is 12.7. The Morgan fingerprint density at radius 2 is 2.00 bits per heavy atom. The Morgan fingerprint density at radius 1 is 1.30 bits per heavy atom. The summed E-state index contributed by atoms with van der Waals surface area (Å²) in [6.07, 6.45) is 0. The van der Waals surface area contributed by atoms with Crippen LogP contribution in [0.25, 0.3) is 0 Å². The minimum atomic E-state index is -0.288. The first-order valence-corrected chi connectivity index (χ1v) is 9.40. The van der Waals surface area contributed by atoms with Gasteiger partial charge in [0.15, 0.2) is 10.6 Å². The molecule has 0 aliphatic heterocycles. The lowest BCUT2D eigenvalue weighted by Crippen LogP contribution is -2.25. The van der Waals surface area contributed by atoms with Gasteiger partial charge in [-0.2, -0.15) is 10.2 Å². The van der Waals surface area contributed by atoms with Crippen LogP contribution in [0.3, 0.4) is 0 Å². The second kappa shape index (κ2) is 8.06. The Morgan fingerprint density at radius 3 is 2.67 bits per heavy atom. The first kappa shape index (κ1) is 19.3. The van der Waals surface area contributed by atoms with Crippen LogP contribution >= 0.6 is 23.8 Å². The van der Waals surface area contributed by atoms with E-state index in [0.29, 0.717) is 40.1 Å². The number of carbonyl (C=O) groups excluding carboxylic acids is 1. The van der Waals surface area contributed by atoms with Gasteiger partial charge in [-0.25, -0.2) is 4.68 Å². The zero-order chi connectivity index (χ0) is 19.6. The number of amides is 1. The smallest absolute Gasteiger partial charge is 0.256 e. The Kier molecular flexibility index (Phi) is 5.76. The van der Waals surface area contributed by atoms with E-state index < -0.39 is 0 Å². The van der Waals surface area contributed by atoms with Crippen LogP contribution in [0.5, 0.6) is 0 Å². The van der Waals surface area contributed by atoms with Crippen molar-refractivity contribution in [3.8, 4) is 0 Å². The highest BCUT2D eigenvalue weighted by molar-refractivity contribution is 7.71. The van der Waals surface area contributed by atoms with Gasteiger partial charge in [0.05, 0.1) is 24.3 Å². The van der Waals surface area contributed by atoms with Crippen LogP contribution in [0.15, 0.2) is 24.3 Å². The number of rotatable bonds is 6. The lowest BCUT2D eigenvalue weighted by atomic mass is 10.1. The monoisotopic (exact) mass is 404 g/mol. The fourth-order valence-corrected chi connectivity index (χ4v) is 3.44. The molecule has 1 amide bonds. The standard InChI is InChI=1S/C18H21ClN6OS/c1-4-24-14(21-22-18(24)27)9-20-17(26)15-12(3)23-25(16(15)19)10-13-7-5-11(2)6-8-13/h5-8H,4,9-10H2,1-3H3,(H,20,26)(H,22,27). The fourth-order valence-electron chi connectivity index (χ4n) is 2.84. The first-order valence-electron chi connectivity index (χ1n) is 8.61. The molecule has 142 valence electrons. The normalized spacial score (nSPS) is 11.0. The van der Waals surface area contributed by atoms with E-state index in [2.05, 4.69) is 20.6 Å². The number of hydrogen-bond donors (Lipinski definition) is 2. The van der Waals surface area contributed by atoms with Gasteiger partial charge in [-0.1, -0.05) is 41.4 Å². The summed E-state index contributed by atoms with van der Waals surface area (Å²) >= 11 is 11.6. The van der Waals surface area contributed by atoms with Crippen LogP contribution in [0.4, 0.5) is 0 Å². The molecule has 0 spiro atoms. The first-order chi connectivity index (χ1) is 12.9. The van der Waals surface area contributed by atoms with E-state index in [-0.39, 0.29) is 12.5 Å².